The number of amides is 1. The molecule has 0 radical (unpaired) electrons. The predicted molar refractivity (Wildman–Crippen MR) is 116 cm³/mol. The predicted octanol–water partition coefficient (Wildman–Crippen LogP) is 4.83. The van der Waals surface area contributed by atoms with Gasteiger partial charge in [-0.1, -0.05) is 45.0 Å². The minimum Gasteiger partial charge on any atom is -0.388 e. The molecule has 1 aromatic rings. The van der Waals surface area contributed by atoms with Crippen molar-refractivity contribution in [2.45, 2.75) is 58.7 Å². The van der Waals surface area contributed by atoms with E-state index in [-0.39, 0.29) is 5.91 Å². The van der Waals surface area contributed by atoms with Crippen molar-refractivity contribution < 1.29 is 14.3 Å². The van der Waals surface area contributed by atoms with Gasteiger partial charge in [-0.25, -0.2) is 4.99 Å². The zero-order valence-electron chi connectivity index (χ0n) is 17.5. The maximum absolute atomic E-state index is 12.7. The summed E-state index contributed by atoms with van der Waals surface area (Å²) in [5, 5.41) is 0. The van der Waals surface area contributed by atoms with Gasteiger partial charge < -0.3 is 9.64 Å². The lowest BCUT2D eigenvalue weighted by Crippen LogP contribution is -2.49. The van der Waals surface area contributed by atoms with Gasteiger partial charge in [0.05, 0.1) is 0 Å². The third kappa shape index (κ3) is 5.09. The number of halogens is 1. The normalized spacial score (nSPS) is 24.6. The van der Waals surface area contributed by atoms with Crippen LogP contribution in [0.4, 0.5) is 0 Å². The van der Waals surface area contributed by atoms with E-state index < -0.39 is 5.66 Å². The summed E-state index contributed by atoms with van der Waals surface area (Å²) in [6.07, 6.45) is 4.81. The third-order valence-corrected chi connectivity index (χ3v) is 6.21. The third-order valence-electron chi connectivity index (χ3n) is 5.70. The van der Waals surface area contributed by atoms with Crippen molar-refractivity contribution in [2.24, 2.45) is 16.3 Å². The first-order valence-electron chi connectivity index (χ1n) is 9.68. The van der Waals surface area contributed by atoms with Gasteiger partial charge >= 0.3 is 0 Å². The van der Waals surface area contributed by atoms with Gasteiger partial charge in [0, 0.05) is 26.3 Å². The summed E-state index contributed by atoms with van der Waals surface area (Å²) >= 11 is 3.36. The number of nitrogens with zero attached hydrogens (tertiary/aromatic N) is 2. The van der Waals surface area contributed by atoms with Gasteiger partial charge in [-0.05, 0) is 58.5 Å². The molecule has 5 nitrogen and oxygen atoms in total. The Morgan fingerprint density at radius 1 is 1.21 bits per heavy atom. The maximum Gasteiger partial charge on any atom is 0.281 e. The fraction of sp³-hybridized carbons (Fsp3) is 0.591. The number of methoxy groups -OCH3 is 1. The minimum absolute atomic E-state index is 0.0336. The van der Waals surface area contributed by atoms with Gasteiger partial charge in [0.15, 0.2) is 4.62 Å². The van der Waals surface area contributed by atoms with Crippen LogP contribution in [0.15, 0.2) is 29.3 Å². The topological polar surface area (TPSA) is 59.0 Å². The fourth-order valence-electron chi connectivity index (χ4n) is 4.02. The van der Waals surface area contributed by atoms with E-state index in [1.54, 1.807) is 26.4 Å². The number of hydrogen-bond acceptors (Lipinski definition) is 4. The fourth-order valence-corrected chi connectivity index (χ4v) is 4.57. The van der Waals surface area contributed by atoms with E-state index in [2.05, 4.69) is 41.4 Å². The standard InChI is InChI=1S/C20H25BrN2O2.C2H6O/c1-19(2,3)16-8-10-20(11-9-16)22-17(21)18(25)23(20)12-14-4-6-15(13-24)7-5-14;1-3-2/h4-7,13,16H,8-12H2,1-3H3;1-2H3. The van der Waals surface area contributed by atoms with Gasteiger partial charge in [0.2, 0.25) is 0 Å². The molecule has 0 aromatic heterocycles. The molecular weight excluding hydrogens is 420 g/mol. The first-order chi connectivity index (χ1) is 13.2. The summed E-state index contributed by atoms with van der Waals surface area (Å²) in [5.41, 5.74) is 1.55. The monoisotopic (exact) mass is 450 g/mol. The number of ether oxygens (including phenoxy) is 1. The summed E-state index contributed by atoms with van der Waals surface area (Å²) in [6.45, 7) is 7.40. The summed E-state index contributed by atoms with van der Waals surface area (Å²) < 4.78 is 4.69. The second-order valence-electron chi connectivity index (χ2n) is 8.68. The average molecular weight is 451 g/mol. The van der Waals surface area contributed by atoms with Crippen LogP contribution in [0.2, 0.25) is 0 Å². The minimum atomic E-state index is -0.416. The smallest absolute Gasteiger partial charge is 0.281 e. The zero-order valence-corrected chi connectivity index (χ0v) is 19.1. The highest BCUT2D eigenvalue weighted by Gasteiger charge is 2.49. The molecule has 2 aliphatic rings. The molecule has 1 aromatic carbocycles. The van der Waals surface area contributed by atoms with Crippen molar-refractivity contribution in [1.82, 2.24) is 4.90 Å². The molecular formula is C22H31BrN2O3. The summed E-state index contributed by atoms with van der Waals surface area (Å²) in [6, 6.07) is 7.42. The molecule has 0 bridgehead atoms. The molecule has 0 unspecified atom stereocenters. The molecule has 0 atom stereocenters. The van der Waals surface area contributed by atoms with Gasteiger partial charge in [-0.2, -0.15) is 0 Å². The Kier molecular flexibility index (Phi) is 7.57. The van der Waals surface area contributed by atoms with Crippen LogP contribution in [0.25, 0.3) is 0 Å². The molecule has 6 heteroatoms. The molecule has 154 valence electrons. The van der Waals surface area contributed by atoms with Crippen molar-refractivity contribution in [3.05, 3.63) is 35.4 Å². The molecule has 1 aliphatic heterocycles. The number of benzene rings is 1. The number of aliphatic imine (C=N–C) groups is 1. The number of aldehydes is 1. The van der Waals surface area contributed by atoms with Gasteiger partial charge in [-0.15, -0.1) is 0 Å². The van der Waals surface area contributed by atoms with Gasteiger partial charge in [-0.3, -0.25) is 9.59 Å². The Morgan fingerprint density at radius 3 is 2.21 bits per heavy atom. The highest BCUT2D eigenvalue weighted by Crippen LogP contribution is 2.46. The van der Waals surface area contributed by atoms with E-state index in [0.29, 0.717) is 28.1 Å². The zero-order chi connectivity index (χ0) is 20.9. The van der Waals surface area contributed by atoms with E-state index in [1.165, 1.54) is 0 Å². The first kappa shape index (κ1) is 22.8. The molecule has 1 heterocycles. The number of carbonyl (C=O) groups excluding carboxylic acids is 2. The van der Waals surface area contributed by atoms with Crippen LogP contribution in [-0.2, 0) is 16.1 Å². The van der Waals surface area contributed by atoms with Crippen LogP contribution in [0, 0.1) is 11.3 Å². The maximum atomic E-state index is 12.7. The van der Waals surface area contributed by atoms with Crippen molar-refractivity contribution in [2.75, 3.05) is 14.2 Å². The number of hydrogen-bond donors (Lipinski definition) is 0. The number of rotatable bonds is 3. The van der Waals surface area contributed by atoms with E-state index >= 15 is 0 Å². The van der Waals surface area contributed by atoms with Crippen LogP contribution >= 0.6 is 15.9 Å². The second kappa shape index (κ2) is 9.31. The molecule has 28 heavy (non-hydrogen) atoms. The van der Waals surface area contributed by atoms with Crippen LogP contribution in [0.1, 0.15) is 62.4 Å². The highest BCUT2D eigenvalue weighted by atomic mass is 79.9. The molecule has 1 saturated carbocycles. The molecule has 1 fully saturated rings. The lowest BCUT2D eigenvalue weighted by atomic mass is 9.69. The average Bonchev–Trinajstić information content (AvgIpc) is 2.87. The Morgan fingerprint density at radius 2 is 1.75 bits per heavy atom. The van der Waals surface area contributed by atoms with Gasteiger partial charge in [0.25, 0.3) is 5.91 Å². The number of carbonyl (C=O) groups is 2. The van der Waals surface area contributed by atoms with Gasteiger partial charge in [0.1, 0.15) is 11.9 Å². The van der Waals surface area contributed by atoms with Crippen molar-refractivity contribution in [3.8, 4) is 0 Å². The van der Waals surface area contributed by atoms with Crippen LogP contribution < -0.4 is 0 Å². The van der Waals surface area contributed by atoms with Crippen LogP contribution in [-0.4, -0.2) is 41.6 Å². The largest absolute Gasteiger partial charge is 0.388 e. The van der Waals surface area contributed by atoms with E-state index in [9.17, 15) is 9.59 Å². The highest BCUT2D eigenvalue weighted by molar-refractivity contribution is 9.19. The molecule has 0 N–H and O–H groups in total. The Labute approximate surface area is 176 Å². The second-order valence-corrected chi connectivity index (χ2v) is 9.44. The SMILES string of the molecule is CC(C)(C)C1CCC2(CC1)N=C(Br)C(=O)N2Cc1ccc(C=O)cc1.COC. The van der Waals surface area contributed by atoms with E-state index in [1.807, 2.05) is 17.0 Å². The molecule has 0 saturated heterocycles. The van der Waals surface area contributed by atoms with Crippen molar-refractivity contribution in [3.63, 3.8) is 0 Å². The Bertz CT molecular complexity index is 714. The molecule has 1 amide bonds. The molecule has 1 spiro atoms. The first-order valence-corrected chi connectivity index (χ1v) is 10.5. The van der Waals surface area contributed by atoms with Crippen LogP contribution in [0.5, 0.6) is 0 Å². The summed E-state index contributed by atoms with van der Waals surface area (Å²) in [7, 11) is 3.25. The Hall–Kier alpha value is -1.53. The van der Waals surface area contributed by atoms with Crippen LogP contribution in [0.3, 0.4) is 0 Å². The molecule has 3 rings (SSSR count). The molecule has 1 aliphatic carbocycles. The Balaban J connectivity index is 0.000000878. The van der Waals surface area contributed by atoms with E-state index in [0.717, 1.165) is 37.5 Å². The lowest BCUT2D eigenvalue weighted by molar-refractivity contribution is -0.130. The lowest BCUT2D eigenvalue weighted by Gasteiger charge is -2.44. The summed E-state index contributed by atoms with van der Waals surface area (Å²) in [5.74, 6) is 0.630. The summed E-state index contributed by atoms with van der Waals surface area (Å²) in [4.78, 5) is 30.1. The quantitative estimate of drug-likeness (QED) is 0.619. The van der Waals surface area contributed by atoms with Crippen molar-refractivity contribution >= 4 is 32.7 Å². The van der Waals surface area contributed by atoms with Crippen molar-refractivity contribution in [1.29, 1.82) is 0 Å². The van der Waals surface area contributed by atoms with E-state index in [4.69, 9.17) is 4.99 Å².